The highest BCUT2D eigenvalue weighted by molar-refractivity contribution is 5.73. The second kappa shape index (κ2) is 7.49. The molecule has 17 heavy (non-hydrogen) atoms. The number of nitrogens with zero attached hydrogens (tertiary/aromatic N) is 1. The summed E-state index contributed by atoms with van der Waals surface area (Å²) in [6.45, 7) is 3.78. The van der Waals surface area contributed by atoms with Crippen LogP contribution in [-0.2, 0) is 4.79 Å². The third-order valence-electron chi connectivity index (χ3n) is 2.25. The molecule has 0 unspecified atom stereocenters. The van der Waals surface area contributed by atoms with Crippen LogP contribution in [-0.4, -0.2) is 24.0 Å². The molecule has 1 aromatic heterocycles. The number of hydrogen-bond donors (Lipinski definition) is 3. The summed E-state index contributed by atoms with van der Waals surface area (Å²) in [5, 5.41) is 6.47. The highest BCUT2D eigenvalue weighted by Gasteiger charge is 1.97. The van der Waals surface area contributed by atoms with Gasteiger partial charge in [0.05, 0.1) is 23.8 Å². The van der Waals surface area contributed by atoms with Crippen molar-refractivity contribution >= 4 is 17.3 Å². The van der Waals surface area contributed by atoms with Crippen LogP contribution in [0.4, 0.5) is 11.4 Å². The van der Waals surface area contributed by atoms with Crippen molar-refractivity contribution < 1.29 is 4.79 Å². The molecule has 0 aromatic carbocycles. The van der Waals surface area contributed by atoms with Crippen molar-refractivity contribution in [3.05, 3.63) is 18.5 Å². The number of hydrogen-bond acceptors (Lipinski definition) is 4. The molecule has 0 saturated carbocycles. The maximum atomic E-state index is 10.6. The number of anilines is 2. The Morgan fingerprint density at radius 1 is 1.29 bits per heavy atom. The van der Waals surface area contributed by atoms with Gasteiger partial charge >= 0.3 is 0 Å². The Balaban J connectivity index is 2.34. The normalized spacial score (nSPS) is 9.94. The lowest BCUT2D eigenvalue weighted by Gasteiger charge is -2.08. The number of carbonyl (C=O) groups excluding carboxylic acids is 1. The van der Waals surface area contributed by atoms with Crippen LogP contribution in [0.15, 0.2) is 18.5 Å². The fourth-order valence-electron chi connectivity index (χ4n) is 1.40. The molecule has 0 atom stereocenters. The molecule has 5 nitrogen and oxygen atoms in total. The molecule has 0 radical (unpaired) electrons. The minimum Gasteiger partial charge on any atom is -0.384 e. The maximum Gasteiger partial charge on any atom is 0.217 e. The Kier molecular flexibility index (Phi) is 5.85. The molecule has 0 saturated heterocycles. The van der Waals surface area contributed by atoms with Crippen molar-refractivity contribution in [3.63, 3.8) is 0 Å². The number of amides is 1. The molecule has 0 fully saturated rings. The quantitative estimate of drug-likeness (QED) is 0.599. The smallest absolute Gasteiger partial charge is 0.217 e. The van der Waals surface area contributed by atoms with E-state index in [-0.39, 0.29) is 5.91 Å². The molecule has 1 rings (SSSR count). The van der Waals surface area contributed by atoms with Gasteiger partial charge in [0, 0.05) is 19.5 Å². The van der Waals surface area contributed by atoms with Crippen LogP contribution in [0, 0.1) is 0 Å². The molecular weight excluding hydrogens is 216 g/mol. The molecule has 94 valence electrons. The monoisotopic (exact) mass is 236 g/mol. The summed E-state index contributed by atoms with van der Waals surface area (Å²) in [7, 11) is 0. The lowest BCUT2D eigenvalue weighted by atomic mass is 10.3. The van der Waals surface area contributed by atoms with Crippen molar-refractivity contribution in [1.82, 2.24) is 4.98 Å². The minimum atomic E-state index is -0.261. The van der Waals surface area contributed by atoms with Crippen LogP contribution < -0.4 is 16.4 Å². The summed E-state index contributed by atoms with van der Waals surface area (Å²) in [5.74, 6) is -0.261. The molecule has 0 aliphatic heterocycles. The molecule has 1 amide bonds. The zero-order chi connectivity index (χ0) is 12.5. The summed E-state index contributed by atoms with van der Waals surface area (Å²) in [6.07, 6.45) is 5.79. The average Bonchev–Trinajstić information content (AvgIpc) is 2.32. The van der Waals surface area contributed by atoms with Crippen molar-refractivity contribution in [2.75, 3.05) is 23.7 Å². The van der Waals surface area contributed by atoms with Crippen LogP contribution in [0.5, 0.6) is 0 Å². The number of carbonyl (C=O) groups is 1. The zero-order valence-electron chi connectivity index (χ0n) is 10.2. The minimum absolute atomic E-state index is 0.261. The number of primary amides is 1. The topological polar surface area (TPSA) is 80.0 Å². The Morgan fingerprint density at radius 3 is 2.53 bits per heavy atom. The van der Waals surface area contributed by atoms with Crippen LogP contribution in [0.25, 0.3) is 0 Å². The molecule has 5 heteroatoms. The van der Waals surface area contributed by atoms with Gasteiger partial charge in [-0.05, 0) is 18.9 Å². The SMILES string of the molecule is CCCNc1cncc(NCCCC(N)=O)c1. The van der Waals surface area contributed by atoms with E-state index in [1.165, 1.54) is 0 Å². The summed E-state index contributed by atoms with van der Waals surface area (Å²) in [6, 6.07) is 2.01. The van der Waals surface area contributed by atoms with Gasteiger partial charge in [-0.25, -0.2) is 0 Å². The fraction of sp³-hybridized carbons (Fsp3) is 0.500. The predicted molar refractivity (Wildman–Crippen MR) is 69.9 cm³/mol. The average molecular weight is 236 g/mol. The zero-order valence-corrected chi connectivity index (χ0v) is 10.2. The third kappa shape index (κ3) is 5.75. The van der Waals surface area contributed by atoms with Crippen molar-refractivity contribution in [2.24, 2.45) is 5.73 Å². The van der Waals surface area contributed by atoms with Gasteiger partial charge < -0.3 is 16.4 Å². The molecule has 4 N–H and O–H groups in total. The lowest BCUT2D eigenvalue weighted by molar-refractivity contribution is -0.118. The molecular formula is C12H20N4O. The van der Waals surface area contributed by atoms with Gasteiger partial charge in [0.15, 0.2) is 0 Å². The number of nitrogens with one attached hydrogen (secondary N) is 2. The first-order chi connectivity index (χ1) is 8.22. The third-order valence-corrected chi connectivity index (χ3v) is 2.25. The van der Waals surface area contributed by atoms with Crippen molar-refractivity contribution in [2.45, 2.75) is 26.2 Å². The molecule has 1 aromatic rings. The van der Waals surface area contributed by atoms with Gasteiger partial charge in [0.25, 0.3) is 0 Å². The lowest BCUT2D eigenvalue weighted by Crippen LogP contribution is -2.12. The fourth-order valence-corrected chi connectivity index (χ4v) is 1.40. The van der Waals surface area contributed by atoms with E-state index in [1.807, 2.05) is 6.07 Å². The van der Waals surface area contributed by atoms with E-state index in [2.05, 4.69) is 22.5 Å². The molecule has 1 heterocycles. The largest absolute Gasteiger partial charge is 0.384 e. The number of aromatic nitrogens is 1. The van der Waals surface area contributed by atoms with Gasteiger partial charge in [-0.1, -0.05) is 6.92 Å². The Hall–Kier alpha value is -1.78. The van der Waals surface area contributed by atoms with Crippen molar-refractivity contribution in [3.8, 4) is 0 Å². The van der Waals surface area contributed by atoms with E-state index in [4.69, 9.17) is 5.73 Å². The van der Waals surface area contributed by atoms with Gasteiger partial charge in [0.1, 0.15) is 0 Å². The van der Waals surface area contributed by atoms with E-state index in [0.717, 1.165) is 37.3 Å². The first-order valence-corrected chi connectivity index (χ1v) is 5.93. The second-order valence-electron chi connectivity index (χ2n) is 3.89. The first-order valence-electron chi connectivity index (χ1n) is 5.93. The van der Waals surface area contributed by atoms with Crippen LogP contribution in [0.2, 0.25) is 0 Å². The van der Waals surface area contributed by atoms with E-state index in [1.54, 1.807) is 12.4 Å². The number of rotatable bonds is 8. The van der Waals surface area contributed by atoms with Gasteiger partial charge in [-0.15, -0.1) is 0 Å². The highest BCUT2D eigenvalue weighted by Crippen LogP contribution is 2.12. The summed E-state index contributed by atoms with van der Waals surface area (Å²) < 4.78 is 0. The van der Waals surface area contributed by atoms with Crippen LogP contribution in [0.1, 0.15) is 26.2 Å². The Morgan fingerprint density at radius 2 is 1.94 bits per heavy atom. The Labute approximate surface area is 102 Å². The Bertz CT molecular complexity index is 354. The highest BCUT2D eigenvalue weighted by atomic mass is 16.1. The standard InChI is InChI=1S/C12H20N4O/c1-2-5-15-10-7-11(9-14-8-10)16-6-3-4-12(13)17/h7-9,15-16H,2-6H2,1H3,(H2,13,17). The van der Waals surface area contributed by atoms with E-state index in [0.29, 0.717) is 6.42 Å². The molecule has 0 spiro atoms. The molecule has 0 bridgehead atoms. The first kappa shape index (κ1) is 13.3. The number of nitrogens with two attached hydrogens (primary N) is 1. The van der Waals surface area contributed by atoms with Crippen molar-refractivity contribution in [1.29, 1.82) is 0 Å². The van der Waals surface area contributed by atoms with Gasteiger partial charge in [-0.2, -0.15) is 0 Å². The maximum absolute atomic E-state index is 10.6. The molecule has 0 aliphatic carbocycles. The van der Waals surface area contributed by atoms with Crippen LogP contribution in [0.3, 0.4) is 0 Å². The second-order valence-corrected chi connectivity index (χ2v) is 3.89. The summed E-state index contributed by atoms with van der Waals surface area (Å²) in [5.41, 5.74) is 7.02. The van der Waals surface area contributed by atoms with E-state index >= 15 is 0 Å². The number of pyridine rings is 1. The van der Waals surface area contributed by atoms with E-state index < -0.39 is 0 Å². The van der Waals surface area contributed by atoms with Gasteiger partial charge in [-0.3, -0.25) is 9.78 Å². The summed E-state index contributed by atoms with van der Waals surface area (Å²) in [4.78, 5) is 14.7. The predicted octanol–water partition coefficient (Wildman–Crippen LogP) is 1.58. The van der Waals surface area contributed by atoms with Gasteiger partial charge in [0.2, 0.25) is 5.91 Å². The van der Waals surface area contributed by atoms with E-state index in [9.17, 15) is 4.79 Å². The summed E-state index contributed by atoms with van der Waals surface area (Å²) >= 11 is 0. The molecule has 0 aliphatic rings. The van der Waals surface area contributed by atoms with Crippen LogP contribution >= 0.6 is 0 Å².